The molecule has 0 fully saturated rings. The molecule has 1 heteroatoms. The van der Waals surface area contributed by atoms with Crippen molar-refractivity contribution in [3.63, 3.8) is 0 Å². The van der Waals surface area contributed by atoms with Gasteiger partial charge in [0.25, 0.3) is 0 Å². The summed E-state index contributed by atoms with van der Waals surface area (Å²) >= 11 is 0. The van der Waals surface area contributed by atoms with E-state index in [1.54, 1.807) is 0 Å². The highest BCUT2D eigenvalue weighted by Crippen LogP contribution is 2.08. The number of nitrogens with zero attached hydrogens (tertiary/aromatic N) is 1. The highest BCUT2D eigenvalue weighted by molar-refractivity contribution is 5.03. The van der Waals surface area contributed by atoms with E-state index >= 15 is 0 Å². The Balaban J connectivity index is 2.17. The largest absolute Gasteiger partial charge is 0.352 e. The minimum absolute atomic E-state index is 0.853. The van der Waals surface area contributed by atoms with Crippen molar-refractivity contribution in [3.05, 3.63) is 24.0 Å². The van der Waals surface area contributed by atoms with Gasteiger partial charge in [-0.3, -0.25) is 0 Å². The summed E-state index contributed by atoms with van der Waals surface area (Å²) in [5.74, 6) is 0.853. The van der Waals surface area contributed by atoms with Crippen LogP contribution in [-0.4, -0.2) is 4.57 Å². The second-order valence-corrected chi connectivity index (χ2v) is 4.23. The van der Waals surface area contributed by atoms with Crippen molar-refractivity contribution in [1.82, 2.24) is 4.57 Å². The van der Waals surface area contributed by atoms with Gasteiger partial charge in [0, 0.05) is 18.4 Å². The van der Waals surface area contributed by atoms with Crippen LogP contribution < -0.4 is 0 Å². The summed E-state index contributed by atoms with van der Waals surface area (Å²) < 4.78 is 2.33. The zero-order valence-electron chi connectivity index (χ0n) is 9.09. The molecule has 1 rings (SSSR count). The van der Waals surface area contributed by atoms with Crippen molar-refractivity contribution < 1.29 is 0 Å². The van der Waals surface area contributed by atoms with Crippen molar-refractivity contribution >= 4 is 0 Å². The van der Waals surface area contributed by atoms with Gasteiger partial charge in [-0.25, -0.2) is 0 Å². The zero-order valence-corrected chi connectivity index (χ0v) is 9.09. The van der Waals surface area contributed by atoms with Crippen LogP contribution in [0.2, 0.25) is 0 Å². The molecular formula is C12H21N. The second kappa shape index (κ2) is 5.11. The van der Waals surface area contributed by atoms with Crippen molar-refractivity contribution in [1.29, 1.82) is 0 Å². The van der Waals surface area contributed by atoms with E-state index in [4.69, 9.17) is 0 Å². The Kier molecular flexibility index (Phi) is 4.07. The van der Waals surface area contributed by atoms with Crippen LogP contribution >= 0.6 is 0 Å². The van der Waals surface area contributed by atoms with Gasteiger partial charge in [-0.05, 0) is 31.4 Å². The van der Waals surface area contributed by atoms with Gasteiger partial charge >= 0.3 is 0 Å². The average molecular weight is 179 g/mol. The summed E-state index contributed by atoms with van der Waals surface area (Å²) in [5.41, 5.74) is 1.38. The van der Waals surface area contributed by atoms with Crippen LogP contribution in [0.15, 0.2) is 18.3 Å². The molecule has 1 heterocycles. The topological polar surface area (TPSA) is 4.93 Å². The lowest BCUT2D eigenvalue weighted by molar-refractivity contribution is 0.507. The Bertz CT molecular complexity index is 235. The first-order chi connectivity index (χ1) is 6.20. The van der Waals surface area contributed by atoms with Gasteiger partial charge < -0.3 is 4.57 Å². The number of rotatable bonds is 5. The van der Waals surface area contributed by atoms with Crippen LogP contribution in [0.25, 0.3) is 0 Å². The third-order valence-corrected chi connectivity index (χ3v) is 2.49. The monoisotopic (exact) mass is 179 g/mol. The number of unbranched alkanes of at least 4 members (excludes halogenated alkanes) is 1. The molecule has 13 heavy (non-hydrogen) atoms. The minimum Gasteiger partial charge on any atom is -0.352 e. The SMILES string of the molecule is Cc1cccn1CCCCC(C)C. The zero-order chi connectivity index (χ0) is 9.68. The summed E-state index contributed by atoms with van der Waals surface area (Å²) in [5, 5.41) is 0. The van der Waals surface area contributed by atoms with Gasteiger partial charge in [0.15, 0.2) is 0 Å². The summed E-state index contributed by atoms with van der Waals surface area (Å²) in [4.78, 5) is 0. The molecule has 1 aromatic rings. The normalized spacial score (nSPS) is 11.1. The van der Waals surface area contributed by atoms with Gasteiger partial charge in [-0.15, -0.1) is 0 Å². The highest BCUT2D eigenvalue weighted by Gasteiger charge is 1.96. The van der Waals surface area contributed by atoms with Crippen molar-refractivity contribution in [2.75, 3.05) is 0 Å². The average Bonchev–Trinajstić information content (AvgIpc) is 2.45. The van der Waals surface area contributed by atoms with Gasteiger partial charge in [0.2, 0.25) is 0 Å². The van der Waals surface area contributed by atoms with Crippen LogP contribution in [0.5, 0.6) is 0 Å². The molecule has 0 saturated carbocycles. The smallest absolute Gasteiger partial charge is 0.0222 e. The Hall–Kier alpha value is -0.720. The Labute approximate surface area is 81.8 Å². The molecule has 0 aliphatic rings. The van der Waals surface area contributed by atoms with Gasteiger partial charge in [0.1, 0.15) is 0 Å². The first kappa shape index (κ1) is 10.4. The molecule has 0 radical (unpaired) electrons. The molecule has 0 aliphatic carbocycles. The third-order valence-electron chi connectivity index (χ3n) is 2.49. The quantitative estimate of drug-likeness (QED) is 0.608. The predicted molar refractivity (Wildman–Crippen MR) is 57.9 cm³/mol. The number of aromatic nitrogens is 1. The Morgan fingerprint density at radius 1 is 1.31 bits per heavy atom. The summed E-state index contributed by atoms with van der Waals surface area (Å²) in [6.07, 6.45) is 6.20. The van der Waals surface area contributed by atoms with Gasteiger partial charge in [-0.1, -0.05) is 26.7 Å². The van der Waals surface area contributed by atoms with E-state index < -0.39 is 0 Å². The molecule has 0 spiro atoms. The lowest BCUT2D eigenvalue weighted by atomic mass is 10.1. The van der Waals surface area contributed by atoms with E-state index in [-0.39, 0.29) is 0 Å². The number of aryl methyl sites for hydroxylation is 2. The molecule has 1 nitrogen and oxygen atoms in total. The molecule has 0 saturated heterocycles. The second-order valence-electron chi connectivity index (χ2n) is 4.23. The van der Waals surface area contributed by atoms with E-state index in [0.717, 1.165) is 5.92 Å². The van der Waals surface area contributed by atoms with Crippen molar-refractivity contribution in [3.8, 4) is 0 Å². The molecule has 0 aromatic carbocycles. The van der Waals surface area contributed by atoms with E-state index in [9.17, 15) is 0 Å². The van der Waals surface area contributed by atoms with E-state index in [2.05, 4.69) is 43.7 Å². The van der Waals surface area contributed by atoms with Crippen molar-refractivity contribution in [2.45, 2.75) is 46.6 Å². The lowest BCUT2D eigenvalue weighted by Crippen LogP contribution is -1.98. The molecule has 1 aromatic heterocycles. The summed E-state index contributed by atoms with van der Waals surface area (Å²) in [6.45, 7) is 7.94. The fourth-order valence-corrected chi connectivity index (χ4v) is 1.59. The molecule has 0 aliphatic heterocycles. The van der Waals surface area contributed by atoms with Crippen LogP contribution in [0, 0.1) is 12.8 Å². The van der Waals surface area contributed by atoms with Crippen LogP contribution in [-0.2, 0) is 6.54 Å². The Morgan fingerprint density at radius 3 is 2.62 bits per heavy atom. The number of hydrogen-bond donors (Lipinski definition) is 0. The lowest BCUT2D eigenvalue weighted by Gasteiger charge is -2.07. The standard InChI is InChI=1S/C12H21N/c1-11(2)7-4-5-9-13-10-6-8-12(13)3/h6,8,10-11H,4-5,7,9H2,1-3H3. The number of hydrogen-bond acceptors (Lipinski definition) is 0. The molecule has 0 atom stereocenters. The van der Waals surface area contributed by atoms with Crippen molar-refractivity contribution in [2.24, 2.45) is 5.92 Å². The molecule has 0 amide bonds. The van der Waals surface area contributed by atoms with E-state index in [1.165, 1.54) is 31.5 Å². The van der Waals surface area contributed by atoms with Gasteiger partial charge in [0.05, 0.1) is 0 Å². The maximum absolute atomic E-state index is 2.33. The highest BCUT2D eigenvalue weighted by atomic mass is 14.9. The maximum atomic E-state index is 2.33. The molecule has 0 N–H and O–H groups in total. The maximum Gasteiger partial charge on any atom is 0.0222 e. The predicted octanol–water partition coefficient (Wildman–Crippen LogP) is 3.62. The fraction of sp³-hybridized carbons (Fsp3) is 0.667. The van der Waals surface area contributed by atoms with Crippen LogP contribution in [0.3, 0.4) is 0 Å². The molecule has 0 unspecified atom stereocenters. The molecule has 0 bridgehead atoms. The van der Waals surface area contributed by atoms with E-state index in [0.29, 0.717) is 0 Å². The molecule has 74 valence electrons. The first-order valence-corrected chi connectivity index (χ1v) is 5.32. The third kappa shape index (κ3) is 3.67. The first-order valence-electron chi connectivity index (χ1n) is 5.32. The fourth-order valence-electron chi connectivity index (χ4n) is 1.59. The van der Waals surface area contributed by atoms with Gasteiger partial charge in [-0.2, -0.15) is 0 Å². The van der Waals surface area contributed by atoms with Crippen LogP contribution in [0.4, 0.5) is 0 Å². The van der Waals surface area contributed by atoms with Crippen LogP contribution in [0.1, 0.15) is 38.8 Å². The van der Waals surface area contributed by atoms with E-state index in [1.807, 2.05) is 0 Å². The summed E-state index contributed by atoms with van der Waals surface area (Å²) in [6, 6.07) is 4.29. The Morgan fingerprint density at radius 2 is 2.08 bits per heavy atom. The molecular weight excluding hydrogens is 158 g/mol. The summed E-state index contributed by atoms with van der Waals surface area (Å²) in [7, 11) is 0. The minimum atomic E-state index is 0.853.